The van der Waals surface area contributed by atoms with Crippen LogP contribution in [0.15, 0.2) is 66.7 Å². The van der Waals surface area contributed by atoms with Crippen molar-refractivity contribution in [3.8, 4) is 11.1 Å². The summed E-state index contributed by atoms with van der Waals surface area (Å²) in [4.78, 5) is 11.6. The quantitative estimate of drug-likeness (QED) is 0.747. The Bertz CT molecular complexity index is 921. The third kappa shape index (κ3) is 3.75. The van der Waals surface area contributed by atoms with E-state index in [0.717, 1.165) is 16.7 Å². The molecular formula is C21H18FNO2. The van der Waals surface area contributed by atoms with Crippen molar-refractivity contribution >= 4 is 5.91 Å². The van der Waals surface area contributed by atoms with Gasteiger partial charge in [-0.25, -0.2) is 4.39 Å². The Kier molecular flexibility index (Phi) is 4.91. The second-order valence-electron chi connectivity index (χ2n) is 5.87. The van der Waals surface area contributed by atoms with E-state index in [0.29, 0.717) is 23.1 Å². The molecule has 0 heterocycles. The molecule has 0 aliphatic heterocycles. The van der Waals surface area contributed by atoms with Crippen molar-refractivity contribution in [3.63, 3.8) is 0 Å². The van der Waals surface area contributed by atoms with Crippen molar-refractivity contribution in [1.29, 1.82) is 0 Å². The summed E-state index contributed by atoms with van der Waals surface area (Å²) in [6, 6.07) is 19.2. The fraction of sp³-hybridized carbons (Fsp3) is 0.0952. The van der Waals surface area contributed by atoms with Gasteiger partial charge in [0.1, 0.15) is 5.82 Å². The largest absolute Gasteiger partial charge is 0.392 e. The van der Waals surface area contributed by atoms with Gasteiger partial charge in [-0.2, -0.15) is 0 Å². The Labute approximate surface area is 145 Å². The van der Waals surface area contributed by atoms with E-state index in [4.69, 9.17) is 5.73 Å². The topological polar surface area (TPSA) is 63.3 Å². The molecule has 3 rings (SSSR count). The predicted molar refractivity (Wildman–Crippen MR) is 95.5 cm³/mol. The Balaban J connectivity index is 1.99. The maximum absolute atomic E-state index is 14.3. The smallest absolute Gasteiger partial charge is 0.248 e. The Hall–Kier alpha value is -2.98. The molecule has 3 nitrogen and oxygen atoms in total. The van der Waals surface area contributed by atoms with Crippen LogP contribution in [0.5, 0.6) is 0 Å². The van der Waals surface area contributed by atoms with E-state index >= 15 is 0 Å². The summed E-state index contributed by atoms with van der Waals surface area (Å²) in [6.07, 6.45) is 0.478. The van der Waals surface area contributed by atoms with Crippen molar-refractivity contribution in [2.24, 2.45) is 5.73 Å². The fourth-order valence-corrected chi connectivity index (χ4v) is 2.88. The van der Waals surface area contributed by atoms with Gasteiger partial charge in [0.2, 0.25) is 5.91 Å². The fourth-order valence-electron chi connectivity index (χ4n) is 2.88. The lowest BCUT2D eigenvalue weighted by atomic mass is 9.95. The first-order valence-electron chi connectivity index (χ1n) is 7.95. The standard InChI is InChI=1S/C21H18FNO2/c22-20-9-8-14(10-16-5-1-2-7-18(16)21(23)25)12-19(20)17-6-3-4-15(11-17)13-24/h1-9,11-12,24H,10,13H2,(H2,23,25). The van der Waals surface area contributed by atoms with Crippen molar-refractivity contribution in [2.75, 3.05) is 0 Å². The lowest BCUT2D eigenvalue weighted by molar-refractivity contribution is 0.0999. The highest BCUT2D eigenvalue weighted by atomic mass is 19.1. The van der Waals surface area contributed by atoms with E-state index in [9.17, 15) is 14.3 Å². The molecule has 3 aromatic rings. The van der Waals surface area contributed by atoms with Crippen LogP contribution in [0.3, 0.4) is 0 Å². The summed E-state index contributed by atoms with van der Waals surface area (Å²) in [6.45, 7) is -0.0961. The van der Waals surface area contributed by atoms with Gasteiger partial charge in [-0.05, 0) is 52.9 Å². The third-order valence-electron chi connectivity index (χ3n) is 4.13. The third-order valence-corrected chi connectivity index (χ3v) is 4.13. The first-order chi connectivity index (χ1) is 12.1. The van der Waals surface area contributed by atoms with Gasteiger partial charge in [0, 0.05) is 11.1 Å². The van der Waals surface area contributed by atoms with Crippen LogP contribution >= 0.6 is 0 Å². The van der Waals surface area contributed by atoms with Crippen molar-refractivity contribution in [2.45, 2.75) is 13.0 Å². The van der Waals surface area contributed by atoms with Crippen LogP contribution in [0.25, 0.3) is 11.1 Å². The zero-order valence-corrected chi connectivity index (χ0v) is 13.6. The molecule has 0 spiro atoms. The summed E-state index contributed by atoms with van der Waals surface area (Å²) in [5.74, 6) is -0.810. The number of primary amides is 1. The number of benzene rings is 3. The first kappa shape index (κ1) is 16.9. The number of hydrogen-bond acceptors (Lipinski definition) is 2. The molecule has 25 heavy (non-hydrogen) atoms. The number of rotatable bonds is 5. The number of aliphatic hydroxyl groups excluding tert-OH is 1. The Morgan fingerprint density at radius 3 is 2.52 bits per heavy atom. The van der Waals surface area contributed by atoms with Crippen LogP contribution in [0.1, 0.15) is 27.0 Å². The Morgan fingerprint density at radius 2 is 1.76 bits per heavy atom. The normalized spacial score (nSPS) is 10.6. The molecule has 3 aromatic carbocycles. The van der Waals surface area contributed by atoms with Crippen LogP contribution < -0.4 is 5.73 Å². The zero-order valence-electron chi connectivity index (χ0n) is 13.6. The number of carbonyl (C=O) groups is 1. The Morgan fingerprint density at radius 1 is 0.960 bits per heavy atom. The SMILES string of the molecule is NC(=O)c1ccccc1Cc1ccc(F)c(-c2cccc(CO)c2)c1. The molecule has 0 radical (unpaired) electrons. The molecule has 1 amide bonds. The van der Waals surface area contributed by atoms with E-state index in [1.54, 1.807) is 48.5 Å². The second kappa shape index (κ2) is 7.28. The molecule has 126 valence electrons. The lowest BCUT2D eigenvalue weighted by Gasteiger charge is -2.10. The molecule has 0 unspecified atom stereocenters. The van der Waals surface area contributed by atoms with Crippen molar-refractivity contribution in [3.05, 3.63) is 94.8 Å². The van der Waals surface area contributed by atoms with E-state index < -0.39 is 5.91 Å². The number of hydrogen-bond donors (Lipinski definition) is 2. The van der Waals surface area contributed by atoms with Crippen LogP contribution in [0.4, 0.5) is 4.39 Å². The summed E-state index contributed by atoms with van der Waals surface area (Å²) in [5, 5.41) is 9.27. The van der Waals surface area contributed by atoms with Gasteiger partial charge in [0.15, 0.2) is 0 Å². The number of amides is 1. The van der Waals surface area contributed by atoms with E-state index in [-0.39, 0.29) is 12.4 Å². The minimum Gasteiger partial charge on any atom is -0.392 e. The summed E-state index contributed by atoms with van der Waals surface area (Å²) in [7, 11) is 0. The maximum atomic E-state index is 14.3. The average Bonchev–Trinajstić information content (AvgIpc) is 2.63. The van der Waals surface area contributed by atoms with Gasteiger partial charge in [0.25, 0.3) is 0 Å². The second-order valence-corrected chi connectivity index (χ2v) is 5.87. The van der Waals surface area contributed by atoms with Gasteiger partial charge < -0.3 is 10.8 Å². The van der Waals surface area contributed by atoms with Gasteiger partial charge in [-0.3, -0.25) is 4.79 Å². The van der Waals surface area contributed by atoms with Crippen LogP contribution in [-0.4, -0.2) is 11.0 Å². The predicted octanol–water partition coefficient (Wildman–Crippen LogP) is 3.67. The number of aliphatic hydroxyl groups is 1. The van der Waals surface area contributed by atoms with Crippen molar-refractivity contribution < 1.29 is 14.3 Å². The average molecular weight is 335 g/mol. The number of halogens is 1. The highest BCUT2D eigenvalue weighted by Crippen LogP contribution is 2.26. The molecule has 0 aliphatic carbocycles. The molecule has 0 aromatic heterocycles. The maximum Gasteiger partial charge on any atom is 0.248 e. The summed E-state index contributed by atoms with van der Waals surface area (Å²) in [5.41, 5.74) is 9.46. The first-order valence-corrected chi connectivity index (χ1v) is 7.95. The molecule has 0 atom stereocenters. The minimum atomic E-state index is -0.478. The van der Waals surface area contributed by atoms with Crippen LogP contribution in [0, 0.1) is 5.82 Å². The highest BCUT2D eigenvalue weighted by molar-refractivity contribution is 5.94. The van der Waals surface area contributed by atoms with Gasteiger partial charge in [-0.15, -0.1) is 0 Å². The zero-order chi connectivity index (χ0) is 17.8. The summed E-state index contributed by atoms with van der Waals surface area (Å²) < 4.78 is 14.3. The number of nitrogens with two attached hydrogens (primary N) is 1. The lowest BCUT2D eigenvalue weighted by Crippen LogP contribution is -2.13. The molecule has 0 saturated carbocycles. The molecule has 0 bridgehead atoms. The van der Waals surface area contributed by atoms with Gasteiger partial charge in [0.05, 0.1) is 6.61 Å². The van der Waals surface area contributed by atoms with E-state index in [2.05, 4.69) is 0 Å². The molecular weight excluding hydrogens is 317 g/mol. The molecule has 0 saturated heterocycles. The molecule has 0 aliphatic rings. The van der Waals surface area contributed by atoms with Crippen molar-refractivity contribution in [1.82, 2.24) is 0 Å². The molecule has 4 heteroatoms. The van der Waals surface area contributed by atoms with Gasteiger partial charge in [-0.1, -0.05) is 42.5 Å². The minimum absolute atomic E-state index is 0.0961. The summed E-state index contributed by atoms with van der Waals surface area (Å²) >= 11 is 0. The monoisotopic (exact) mass is 335 g/mol. The van der Waals surface area contributed by atoms with E-state index in [1.807, 2.05) is 12.1 Å². The highest BCUT2D eigenvalue weighted by Gasteiger charge is 2.11. The van der Waals surface area contributed by atoms with Crippen LogP contribution in [-0.2, 0) is 13.0 Å². The van der Waals surface area contributed by atoms with E-state index in [1.165, 1.54) is 6.07 Å². The molecule has 3 N–H and O–H groups in total. The van der Waals surface area contributed by atoms with Crippen LogP contribution in [0.2, 0.25) is 0 Å². The number of carbonyl (C=O) groups excluding carboxylic acids is 1. The van der Waals surface area contributed by atoms with Gasteiger partial charge >= 0.3 is 0 Å². The molecule has 0 fully saturated rings.